The maximum atomic E-state index is 13.0. The van der Waals surface area contributed by atoms with Gasteiger partial charge in [0, 0.05) is 28.4 Å². The molecule has 2 N–H and O–H groups in total. The van der Waals surface area contributed by atoms with Crippen LogP contribution in [0.4, 0.5) is 26.3 Å². The van der Waals surface area contributed by atoms with E-state index in [2.05, 4.69) is 10.3 Å². The Kier molecular flexibility index (Phi) is 5.36. The molecule has 32 heavy (non-hydrogen) atoms. The van der Waals surface area contributed by atoms with Gasteiger partial charge in [0.25, 0.3) is 0 Å². The van der Waals surface area contributed by atoms with E-state index >= 15 is 0 Å². The first-order valence-electron chi connectivity index (χ1n) is 9.55. The summed E-state index contributed by atoms with van der Waals surface area (Å²) in [7, 11) is 0. The molecule has 1 aromatic heterocycles. The van der Waals surface area contributed by atoms with Crippen LogP contribution < -0.4 is 5.32 Å². The van der Waals surface area contributed by atoms with Gasteiger partial charge in [-0.25, -0.2) is 0 Å². The predicted molar refractivity (Wildman–Crippen MR) is 108 cm³/mol. The second kappa shape index (κ2) is 7.89. The molecule has 0 fully saturated rings. The SMILES string of the molecule is O=C(Cc1ccc2c(c1)[nH]c1ccccc12)NCc1cc(C(F)(F)F)cc(C(F)(F)F)c1. The number of aromatic nitrogens is 1. The molecule has 0 bridgehead atoms. The van der Waals surface area contributed by atoms with Gasteiger partial charge in [0.15, 0.2) is 0 Å². The maximum Gasteiger partial charge on any atom is 0.416 e. The minimum absolute atomic E-state index is 0.0564. The molecule has 1 amide bonds. The molecule has 0 radical (unpaired) electrons. The number of rotatable bonds is 4. The highest BCUT2D eigenvalue weighted by Crippen LogP contribution is 2.36. The summed E-state index contributed by atoms with van der Waals surface area (Å²) in [6, 6.07) is 14.4. The summed E-state index contributed by atoms with van der Waals surface area (Å²) in [5.41, 5.74) is -0.701. The van der Waals surface area contributed by atoms with Crippen molar-refractivity contribution < 1.29 is 31.1 Å². The third kappa shape index (κ3) is 4.56. The smallest absolute Gasteiger partial charge is 0.355 e. The fraction of sp³-hybridized carbons (Fsp3) is 0.174. The van der Waals surface area contributed by atoms with Crippen LogP contribution in [0.15, 0.2) is 60.7 Å². The standard InChI is InChI=1S/C23H16F6N2O/c24-22(25,26)15-7-14(8-16(11-15)23(27,28)29)12-30-21(32)10-13-5-6-18-17-3-1-2-4-19(17)31-20(18)9-13/h1-9,11,31H,10,12H2,(H,30,32). The number of H-pyrrole nitrogens is 1. The number of benzene rings is 3. The summed E-state index contributed by atoms with van der Waals surface area (Å²) in [5, 5.41) is 4.41. The summed E-state index contributed by atoms with van der Waals surface area (Å²) in [4.78, 5) is 15.5. The lowest BCUT2D eigenvalue weighted by atomic mass is 10.0. The molecule has 9 heteroatoms. The van der Waals surface area contributed by atoms with Crippen LogP contribution in [0.25, 0.3) is 21.8 Å². The van der Waals surface area contributed by atoms with Crippen LogP contribution in [0.2, 0.25) is 0 Å². The number of amides is 1. The monoisotopic (exact) mass is 450 g/mol. The highest BCUT2D eigenvalue weighted by atomic mass is 19.4. The number of hydrogen-bond acceptors (Lipinski definition) is 1. The van der Waals surface area contributed by atoms with Crippen LogP contribution in [-0.4, -0.2) is 10.9 Å². The van der Waals surface area contributed by atoms with E-state index in [9.17, 15) is 31.1 Å². The van der Waals surface area contributed by atoms with Crippen LogP contribution >= 0.6 is 0 Å². The minimum atomic E-state index is -4.94. The Balaban J connectivity index is 1.49. The van der Waals surface area contributed by atoms with E-state index in [0.29, 0.717) is 17.7 Å². The van der Waals surface area contributed by atoms with E-state index in [1.54, 1.807) is 12.1 Å². The Morgan fingerprint density at radius 1 is 0.750 bits per heavy atom. The summed E-state index contributed by atoms with van der Waals surface area (Å²) in [6.07, 6.45) is -9.94. The first-order chi connectivity index (χ1) is 15.0. The number of fused-ring (bicyclic) bond motifs is 3. The predicted octanol–water partition coefficient (Wildman–Crippen LogP) is 6.22. The normalized spacial score (nSPS) is 12.4. The molecule has 166 valence electrons. The Morgan fingerprint density at radius 3 is 2.03 bits per heavy atom. The summed E-state index contributed by atoms with van der Waals surface area (Å²) < 4.78 is 77.8. The molecule has 4 aromatic rings. The number of carbonyl (C=O) groups is 1. The summed E-state index contributed by atoms with van der Waals surface area (Å²) in [5.74, 6) is -0.522. The van der Waals surface area contributed by atoms with Crippen molar-refractivity contribution in [2.75, 3.05) is 0 Å². The molecule has 0 aliphatic heterocycles. The fourth-order valence-corrected chi connectivity index (χ4v) is 3.58. The molecule has 0 aliphatic rings. The molecule has 3 nitrogen and oxygen atoms in total. The molecule has 1 heterocycles. The third-order valence-electron chi connectivity index (χ3n) is 5.07. The van der Waals surface area contributed by atoms with E-state index in [1.807, 2.05) is 30.3 Å². The van der Waals surface area contributed by atoms with Gasteiger partial charge in [0.1, 0.15) is 0 Å². The Morgan fingerprint density at radius 2 is 1.38 bits per heavy atom. The van der Waals surface area contributed by atoms with Crippen LogP contribution in [0, 0.1) is 0 Å². The Labute approximate surface area is 178 Å². The second-order valence-electron chi connectivity index (χ2n) is 7.42. The molecule has 4 rings (SSSR count). The zero-order valence-corrected chi connectivity index (χ0v) is 16.4. The summed E-state index contributed by atoms with van der Waals surface area (Å²) in [6.45, 7) is -0.458. The molecule has 0 saturated heterocycles. The number of nitrogens with one attached hydrogen (secondary N) is 2. The number of hydrogen-bond donors (Lipinski definition) is 2. The van der Waals surface area contributed by atoms with Gasteiger partial charge in [0.05, 0.1) is 17.5 Å². The van der Waals surface area contributed by atoms with Crippen LogP contribution in [0.3, 0.4) is 0 Å². The molecule has 3 aromatic carbocycles. The highest BCUT2D eigenvalue weighted by Gasteiger charge is 2.36. The number of para-hydroxylation sites is 1. The number of alkyl halides is 6. The zero-order valence-electron chi connectivity index (χ0n) is 16.4. The first kappa shape index (κ1) is 21.7. The van der Waals surface area contributed by atoms with Crippen molar-refractivity contribution in [2.24, 2.45) is 0 Å². The number of aromatic amines is 1. The average molecular weight is 450 g/mol. The van der Waals surface area contributed by atoms with Crippen LogP contribution in [0.1, 0.15) is 22.3 Å². The largest absolute Gasteiger partial charge is 0.416 e. The summed E-state index contributed by atoms with van der Waals surface area (Å²) >= 11 is 0. The van der Waals surface area contributed by atoms with Gasteiger partial charge in [-0.3, -0.25) is 4.79 Å². The molecule has 0 aliphatic carbocycles. The lowest BCUT2D eigenvalue weighted by molar-refractivity contribution is -0.143. The topological polar surface area (TPSA) is 44.9 Å². The number of halogens is 6. The van der Waals surface area contributed by atoms with Gasteiger partial charge in [-0.15, -0.1) is 0 Å². The zero-order chi connectivity index (χ0) is 23.1. The second-order valence-corrected chi connectivity index (χ2v) is 7.42. The average Bonchev–Trinajstić information content (AvgIpc) is 3.08. The van der Waals surface area contributed by atoms with Gasteiger partial charge in [-0.1, -0.05) is 30.3 Å². The van der Waals surface area contributed by atoms with Gasteiger partial charge >= 0.3 is 12.4 Å². The molecule has 0 atom stereocenters. The molecule has 0 spiro atoms. The van der Waals surface area contributed by atoms with Crippen LogP contribution in [0.5, 0.6) is 0 Å². The minimum Gasteiger partial charge on any atom is -0.355 e. The quantitative estimate of drug-likeness (QED) is 0.357. The third-order valence-corrected chi connectivity index (χ3v) is 5.07. The van der Waals surface area contributed by atoms with Gasteiger partial charge in [0.2, 0.25) is 5.91 Å². The van der Waals surface area contributed by atoms with E-state index in [0.717, 1.165) is 21.8 Å². The van der Waals surface area contributed by atoms with Crippen molar-refractivity contribution in [3.63, 3.8) is 0 Å². The molecule has 0 unspecified atom stereocenters. The molecular formula is C23H16F6N2O. The molecule has 0 saturated carbocycles. The van der Waals surface area contributed by atoms with E-state index < -0.39 is 35.9 Å². The van der Waals surface area contributed by atoms with Gasteiger partial charge < -0.3 is 10.3 Å². The van der Waals surface area contributed by atoms with Crippen molar-refractivity contribution in [2.45, 2.75) is 25.3 Å². The van der Waals surface area contributed by atoms with E-state index in [1.165, 1.54) is 0 Å². The van der Waals surface area contributed by atoms with E-state index in [4.69, 9.17) is 0 Å². The Hall–Kier alpha value is -3.49. The van der Waals surface area contributed by atoms with Crippen molar-refractivity contribution in [1.29, 1.82) is 0 Å². The molecular weight excluding hydrogens is 434 g/mol. The van der Waals surface area contributed by atoms with E-state index in [-0.39, 0.29) is 18.1 Å². The van der Waals surface area contributed by atoms with Crippen molar-refractivity contribution in [1.82, 2.24) is 10.3 Å². The van der Waals surface area contributed by atoms with Crippen molar-refractivity contribution >= 4 is 27.7 Å². The number of carbonyl (C=O) groups excluding carboxylic acids is 1. The van der Waals surface area contributed by atoms with Crippen molar-refractivity contribution in [3.8, 4) is 0 Å². The lowest BCUT2D eigenvalue weighted by Crippen LogP contribution is -2.25. The van der Waals surface area contributed by atoms with Gasteiger partial charge in [-0.2, -0.15) is 26.3 Å². The lowest BCUT2D eigenvalue weighted by Gasteiger charge is -2.14. The fourth-order valence-electron chi connectivity index (χ4n) is 3.58. The first-order valence-corrected chi connectivity index (χ1v) is 9.55. The maximum absolute atomic E-state index is 13.0. The van der Waals surface area contributed by atoms with Gasteiger partial charge in [-0.05, 0) is 41.5 Å². The Bertz CT molecular complexity index is 1270. The van der Waals surface area contributed by atoms with Crippen LogP contribution in [-0.2, 0) is 30.1 Å². The highest BCUT2D eigenvalue weighted by molar-refractivity contribution is 6.07. The van der Waals surface area contributed by atoms with Crippen molar-refractivity contribution in [3.05, 3.63) is 82.9 Å².